The van der Waals surface area contributed by atoms with Gasteiger partial charge < -0.3 is 24.8 Å². The van der Waals surface area contributed by atoms with Gasteiger partial charge in [-0.2, -0.15) is 0 Å². The van der Waals surface area contributed by atoms with Gasteiger partial charge in [-0.05, 0) is 26.0 Å². The molecule has 0 saturated heterocycles. The first kappa shape index (κ1) is 15.9. The highest BCUT2D eigenvalue weighted by Crippen LogP contribution is 2.40. The fourth-order valence-electron chi connectivity index (χ4n) is 2.08. The maximum absolute atomic E-state index is 12.3. The SMILES string of the molecule is CCNC(=O)[C@@H](C)NC(=O)c1cc(OC)c2c(c1)OCCO2. The molecule has 0 saturated carbocycles. The highest BCUT2D eigenvalue weighted by molar-refractivity contribution is 5.98. The Morgan fingerprint density at radius 3 is 2.73 bits per heavy atom. The smallest absolute Gasteiger partial charge is 0.252 e. The number of likely N-dealkylation sites (N-methyl/N-ethyl adjacent to an activating group) is 1. The quantitative estimate of drug-likeness (QED) is 0.837. The Kier molecular flexibility index (Phi) is 5.08. The number of carbonyl (C=O) groups excluding carboxylic acids is 2. The number of hydrogen-bond donors (Lipinski definition) is 2. The second-order valence-corrected chi connectivity index (χ2v) is 4.79. The second-order valence-electron chi connectivity index (χ2n) is 4.79. The third-order valence-electron chi connectivity index (χ3n) is 3.18. The number of rotatable bonds is 5. The molecule has 0 unspecified atom stereocenters. The van der Waals surface area contributed by atoms with E-state index in [1.807, 2.05) is 6.92 Å². The molecule has 0 aliphatic carbocycles. The Balaban J connectivity index is 2.18. The Morgan fingerprint density at radius 1 is 1.32 bits per heavy atom. The van der Waals surface area contributed by atoms with Crippen LogP contribution < -0.4 is 24.8 Å². The average molecular weight is 308 g/mol. The van der Waals surface area contributed by atoms with Gasteiger partial charge in [0.1, 0.15) is 19.3 Å². The van der Waals surface area contributed by atoms with Crippen molar-refractivity contribution in [2.75, 3.05) is 26.9 Å². The lowest BCUT2D eigenvalue weighted by atomic mass is 10.1. The van der Waals surface area contributed by atoms with Crippen LogP contribution >= 0.6 is 0 Å². The molecule has 0 fully saturated rings. The Labute approximate surface area is 128 Å². The van der Waals surface area contributed by atoms with E-state index < -0.39 is 6.04 Å². The van der Waals surface area contributed by atoms with Crippen molar-refractivity contribution in [3.63, 3.8) is 0 Å². The Hall–Kier alpha value is -2.44. The molecule has 0 aromatic heterocycles. The zero-order valence-corrected chi connectivity index (χ0v) is 12.9. The lowest BCUT2D eigenvalue weighted by Crippen LogP contribution is -2.44. The van der Waals surface area contributed by atoms with Crippen LogP contribution in [0.15, 0.2) is 12.1 Å². The zero-order valence-electron chi connectivity index (χ0n) is 12.9. The van der Waals surface area contributed by atoms with Crippen LogP contribution in [-0.4, -0.2) is 44.7 Å². The fourth-order valence-corrected chi connectivity index (χ4v) is 2.08. The molecule has 2 rings (SSSR count). The predicted octanol–water partition coefficient (Wildman–Crippen LogP) is 0.721. The number of ether oxygens (including phenoxy) is 3. The monoisotopic (exact) mass is 308 g/mol. The third-order valence-corrected chi connectivity index (χ3v) is 3.18. The predicted molar refractivity (Wildman–Crippen MR) is 79.6 cm³/mol. The molecule has 1 heterocycles. The van der Waals surface area contributed by atoms with E-state index in [1.165, 1.54) is 7.11 Å². The summed E-state index contributed by atoms with van der Waals surface area (Å²) < 4.78 is 16.2. The first-order chi connectivity index (χ1) is 10.6. The molecule has 2 N–H and O–H groups in total. The van der Waals surface area contributed by atoms with E-state index in [9.17, 15) is 9.59 Å². The van der Waals surface area contributed by atoms with E-state index in [1.54, 1.807) is 19.1 Å². The largest absolute Gasteiger partial charge is 0.493 e. The summed E-state index contributed by atoms with van der Waals surface area (Å²) in [4.78, 5) is 23.9. The molecule has 7 heteroatoms. The van der Waals surface area contributed by atoms with Crippen LogP contribution in [0, 0.1) is 0 Å². The molecule has 0 bridgehead atoms. The summed E-state index contributed by atoms with van der Waals surface area (Å²) >= 11 is 0. The number of benzene rings is 1. The lowest BCUT2D eigenvalue weighted by molar-refractivity contribution is -0.122. The van der Waals surface area contributed by atoms with Crippen LogP contribution in [0.1, 0.15) is 24.2 Å². The standard InChI is InChI=1S/C15H20N2O5/c1-4-16-14(18)9(2)17-15(19)10-7-11(20-3)13-12(8-10)21-5-6-22-13/h7-9H,4-6H2,1-3H3,(H,16,18)(H,17,19)/t9-/m1/s1. The number of methoxy groups -OCH3 is 1. The van der Waals surface area contributed by atoms with Crippen molar-refractivity contribution in [3.8, 4) is 17.2 Å². The van der Waals surface area contributed by atoms with E-state index in [0.29, 0.717) is 42.6 Å². The molecular weight excluding hydrogens is 288 g/mol. The Morgan fingerprint density at radius 2 is 2.05 bits per heavy atom. The minimum atomic E-state index is -0.633. The molecule has 2 amide bonds. The molecule has 22 heavy (non-hydrogen) atoms. The number of nitrogens with one attached hydrogen (secondary N) is 2. The normalized spacial score (nSPS) is 14.0. The van der Waals surface area contributed by atoms with Gasteiger partial charge in [0, 0.05) is 12.1 Å². The van der Waals surface area contributed by atoms with E-state index in [2.05, 4.69) is 10.6 Å². The summed E-state index contributed by atoms with van der Waals surface area (Å²) in [5.74, 6) is 0.755. The molecule has 7 nitrogen and oxygen atoms in total. The number of carbonyl (C=O) groups is 2. The third kappa shape index (κ3) is 3.41. The van der Waals surface area contributed by atoms with Crippen molar-refractivity contribution in [1.82, 2.24) is 10.6 Å². The van der Waals surface area contributed by atoms with Gasteiger partial charge >= 0.3 is 0 Å². The van der Waals surface area contributed by atoms with Crippen LogP contribution in [-0.2, 0) is 4.79 Å². The second kappa shape index (κ2) is 7.02. The van der Waals surface area contributed by atoms with Crippen LogP contribution in [0.5, 0.6) is 17.2 Å². The molecule has 0 radical (unpaired) electrons. The molecule has 1 aliphatic rings. The first-order valence-corrected chi connectivity index (χ1v) is 7.13. The van der Waals surface area contributed by atoms with Gasteiger partial charge in [-0.3, -0.25) is 9.59 Å². The average Bonchev–Trinajstić information content (AvgIpc) is 2.53. The van der Waals surface area contributed by atoms with Crippen molar-refractivity contribution < 1.29 is 23.8 Å². The maximum atomic E-state index is 12.3. The molecule has 1 atom stereocenters. The van der Waals surface area contributed by atoms with Gasteiger partial charge in [-0.25, -0.2) is 0 Å². The van der Waals surface area contributed by atoms with Crippen molar-refractivity contribution in [2.45, 2.75) is 19.9 Å². The molecular formula is C15H20N2O5. The van der Waals surface area contributed by atoms with Gasteiger partial charge in [-0.15, -0.1) is 0 Å². The van der Waals surface area contributed by atoms with Crippen LogP contribution in [0.4, 0.5) is 0 Å². The highest BCUT2D eigenvalue weighted by Gasteiger charge is 2.22. The summed E-state index contributed by atoms with van der Waals surface area (Å²) in [7, 11) is 1.49. The van der Waals surface area contributed by atoms with E-state index in [-0.39, 0.29) is 11.8 Å². The topological polar surface area (TPSA) is 85.9 Å². The van der Waals surface area contributed by atoms with Crippen LogP contribution in [0.25, 0.3) is 0 Å². The van der Waals surface area contributed by atoms with Crippen molar-refractivity contribution in [1.29, 1.82) is 0 Å². The van der Waals surface area contributed by atoms with Crippen LogP contribution in [0.3, 0.4) is 0 Å². The maximum Gasteiger partial charge on any atom is 0.252 e. The van der Waals surface area contributed by atoms with Crippen molar-refractivity contribution >= 4 is 11.8 Å². The molecule has 120 valence electrons. The molecule has 1 aliphatic heterocycles. The highest BCUT2D eigenvalue weighted by atomic mass is 16.6. The molecule has 0 spiro atoms. The Bertz CT molecular complexity index is 556. The van der Waals surface area contributed by atoms with Gasteiger partial charge in [-0.1, -0.05) is 0 Å². The van der Waals surface area contributed by atoms with Crippen LogP contribution in [0.2, 0.25) is 0 Å². The van der Waals surface area contributed by atoms with E-state index in [0.717, 1.165) is 0 Å². The van der Waals surface area contributed by atoms with Crippen molar-refractivity contribution in [3.05, 3.63) is 17.7 Å². The minimum absolute atomic E-state index is 0.236. The lowest BCUT2D eigenvalue weighted by Gasteiger charge is -2.21. The summed E-state index contributed by atoms with van der Waals surface area (Å²) in [5, 5.41) is 5.29. The summed E-state index contributed by atoms with van der Waals surface area (Å²) in [5.41, 5.74) is 0.345. The van der Waals surface area contributed by atoms with E-state index >= 15 is 0 Å². The summed E-state index contributed by atoms with van der Waals surface area (Å²) in [6.45, 7) is 4.80. The number of hydrogen-bond acceptors (Lipinski definition) is 5. The molecule has 1 aromatic rings. The summed E-state index contributed by atoms with van der Waals surface area (Å²) in [6, 6.07) is 2.51. The van der Waals surface area contributed by atoms with E-state index in [4.69, 9.17) is 14.2 Å². The first-order valence-electron chi connectivity index (χ1n) is 7.13. The van der Waals surface area contributed by atoms with Gasteiger partial charge in [0.2, 0.25) is 11.7 Å². The summed E-state index contributed by atoms with van der Waals surface area (Å²) in [6.07, 6.45) is 0. The minimum Gasteiger partial charge on any atom is -0.493 e. The number of fused-ring (bicyclic) bond motifs is 1. The molecule has 1 aromatic carbocycles. The zero-order chi connectivity index (χ0) is 16.1. The fraction of sp³-hybridized carbons (Fsp3) is 0.467. The van der Waals surface area contributed by atoms with Gasteiger partial charge in [0.25, 0.3) is 5.91 Å². The number of amides is 2. The van der Waals surface area contributed by atoms with Crippen molar-refractivity contribution in [2.24, 2.45) is 0 Å². The van der Waals surface area contributed by atoms with Gasteiger partial charge in [0.15, 0.2) is 11.5 Å². The van der Waals surface area contributed by atoms with Gasteiger partial charge in [0.05, 0.1) is 7.11 Å².